The fourth-order valence-electron chi connectivity index (χ4n) is 1.73. The summed E-state index contributed by atoms with van der Waals surface area (Å²) in [5.74, 6) is 0. The predicted molar refractivity (Wildman–Crippen MR) is 116 cm³/mol. The van der Waals surface area contributed by atoms with Crippen molar-refractivity contribution >= 4 is 29.1 Å². The summed E-state index contributed by atoms with van der Waals surface area (Å²) >= 11 is 0. The summed E-state index contributed by atoms with van der Waals surface area (Å²) in [6.07, 6.45) is -13.5. The van der Waals surface area contributed by atoms with Crippen LogP contribution in [-0.2, 0) is 12.9 Å². The van der Waals surface area contributed by atoms with Gasteiger partial charge in [0.05, 0.1) is 0 Å². The zero-order chi connectivity index (χ0) is 24.5. The molecule has 0 heterocycles. The van der Waals surface area contributed by atoms with Crippen molar-refractivity contribution in [3.05, 3.63) is 0 Å². The van der Waals surface area contributed by atoms with Crippen LogP contribution in [0.5, 0.6) is 0 Å². The molecule has 0 aliphatic heterocycles. The molecule has 0 saturated carbocycles. The summed E-state index contributed by atoms with van der Waals surface area (Å²) < 4.78 is 16.6. The zero-order valence-corrected chi connectivity index (χ0v) is 20.4. The van der Waals surface area contributed by atoms with E-state index in [4.69, 9.17) is 12.9 Å². The van der Waals surface area contributed by atoms with Gasteiger partial charge in [-0.15, -0.1) is 0 Å². The van der Waals surface area contributed by atoms with Crippen LogP contribution in [0.1, 0.15) is 0 Å². The van der Waals surface area contributed by atoms with Crippen LogP contribution < -0.4 is 0 Å². The third kappa shape index (κ3) is 5.86. The topological polar surface area (TPSA) is 270 Å². The molecule has 0 amide bonds. The Morgan fingerprint density at radius 2 is 0.452 bits per heavy atom. The molecule has 0 aromatic carbocycles. The fraction of sp³-hybridized carbons (Fsp3) is 1.00. The molecule has 19 heteroatoms. The van der Waals surface area contributed by atoms with Crippen LogP contribution in [0.4, 0.5) is 0 Å². The van der Waals surface area contributed by atoms with Crippen molar-refractivity contribution in [2.24, 2.45) is 0 Å². The Labute approximate surface area is 180 Å². The Hall–Kier alpha value is 1.12. The third-order valence-corrected chi connectivity index (χ3v) is 20.9. The molecule has 0 unspecified atom stereocenters. The van der Waals surface area contributed by atoms with Crippen LogP contribution in [0.2, 0.25) is 0 Å². The Kier molecular flexibility index (Phi) is 12.1. The molecule has 12 N–H and O–H groups in total. The SMILES string of the molecule is OCP(CO)(CO)(CO)OP(OP(CO)(CO)(CO)CO)OP(CO)(CO)(CO)CO. The maximum atomic E-state index is 9.84. The van der Waals surface area contributed by atoms with Crippen LogP contribution in [0.15, 0.2) is 0 Å². The fourth-order valence-corrected chi connectivity index (χ4v) is 11.5. The second kappa shape index (κ2) is 11.7. The molecular weight excluding hydrogens is 508 g/mol. The van der Waals surface area contributed by atoms with Gasteiger partial charge < -0.3 is 0 Å². The molecule has 0 radical (unpaired) electrons. The van der Waals surface area contributed by atoms with Gasteiger partial charge >= 0.3 is 179 Å². The van der Waals surface area contributed by atoms with E-state index in [1.807, 2.05) is 0 Å². The van der Waals surface area contributed by atoms with Crippen molar-refractivity contribution in [2.45, 2.75) is 0 Å². The standard InChI is InChI=1S/C12H36O15P4/c13-1-29(2-14,3-15,4-16)25-28(26-30(5-17,6-18,7-19)8-20)27-31(9-21,10-22,11-23)12-24/h13-24H,1-12H2. The Morgan fingerprint density at radius 3 is 0.548 bits per heavy atom. The molecule has 0 bridgehead atoms. The van der Waals surface area contributed by atoms with Crippen LogP contribution in [0, 0.1) is 0 Å². The van der Waals surface area contributed by atoms with Crippen molar-refractivity contribution < 1.29 is 74.2 Å². The first-order chi connectivity index (χ1) is 14.5. The molecule has 31 heavy (non-hydrogen) atoms. The van der Waals surface area contributed by atoms with Gasteiger partial charge in [0.15, 0.2) is 0 Å². The molecule has 0 aliphatic carbocycles. The molecule has 0 rings (SSSR count). The van der Waals surface area contributed by atoms with E-state index in [-0.39, 0.29) is 0 Å². The second-order valence-corrected chi connectivity index (χ2v) is 24.7. The van der Waals surface area contributed by atoms with Gasteiger partial charge in [0.25, 0.3) is 0 Å². The Balaban J connectivity index is 6.79. The van der Waals surface area contributed by atoms with Crippen molar-refractivity contribution in [1.29, 1.82) is 0 Å². The molecule has 0 aromatic heterocycles. The third-order valence-electron chi connectivity index (χ3n) is 5.19. The molecule has 0 fully saturated rings. The Morgan fingerprint density at radius 1 is 0.323 bits per heavy atom. The normalized spacial score (nSPS) is 18.4. The Bertz CT molecular complexity index is 410. The van der Waals surface area contributed by atoms with Gasteiger partial charge in [0.2, 0.25) is 0 Å². The molecule has 0 saturated heterocycles. The van der Waals surface area contributed by atoms with Crippen LogP contribution >= 0.6 is 29.1 Å². The van der Waals surface area contributed by atoms with E-state index >= 15 is 0 Å². The summed E-state index contributed by atoms with van der Waals surface area (Å²) in [6.45, 7) is -14.3. The molecular formula is C12H36O15P4. The van der Waals surface area contributed by atoms with Crippen LogP contribution in [0.25, 0.3) is 0 Å². The maximum absolute atomic E-state index is 9.84. The summed E-state index contributed by atoms with van der Waals surface area (Å²) in [4.78, 5) is 0. The van der Waals surface area contributed by atoms with Gasteiger partial charge in [-0.2, -0.15) is 0 Å². The van der Waals surface area contributed by atoms with Gasteiger partial charge in [-0.3, -0.25) is 0 Å². The van der Waals surface area contributed by atoms with Gasteiger partial charge in [-0.25, -0.2) is 0 Å². The zero-order valence-electron chi connectivity index (χ0n) is 16.9. The summed E-state index contributed by atoms with van der Waals surface area (Å²) in [5, 5.41) is 118. The predicted octanol–water partition coefficient (Wildman–Crippen LogP) is -2.93. The van der Waals surface area contributed by atoms with Gasteiger partial charge in [0, 0.05) is 0 Å². The number of hydrogen-bond donors (Lipinski definition) is 12. The van der Waals surface area contributed by atoms with E-state index in [9.17, 15) is 61.3 Å². The summed E-state index contributed by atoms with van der Waals surface area (Å²) in [6, 6.07) is 0. The van der Waals surface area contributed by atoms with Crippen molar-refractivity contribution in [1.82, 2.24) is 0 Å². The van der Waals surface area contributed by atoms with Crippen molar-refractivity contribution in [3.8, 4) is 0 Å². The van der Waals surface area contributed by atoms with E-state index in [1.165, 1.54) is 0 Å². The van der Waals surface area contributed by atoms with E-state index in [0.717, 1.165) is 0 Å². The average molecular weight is 544 g/mol. The monoisotopic (exact) mass is 544 g/mol. The van der Waals surface area contributed by atoms with E-state index in [2.05, 4.69) is 0 Å². The minimum atomic E-state index is -4.77. The summed E-state index contributed by atoms with van der Waals surface area (Å²) in [5.41, 5.74) is 0. The molecule has 0 aromatic rings. The first-order valence-electron chi connectivity index (χ1n) is 8.68. The first-order valence-corrected chi connectivity index (χ1v) is 18.5. The van der Waals surface area contributed by atoms with Crippen LogP contribution in [-0.4, -0.2) is 137 Å². The van der Waals surface area contributed by atoms with E-state index < -0.39 is 105 Å². The number of rotatable bonds is 18. The minimum absolute atomic E-state index is 1.13. The molecule has 0 aliphatic rings. The first kappa shape index (κ1) is 32.1. The molecule has 15 nitrogen and oxygen atoms in total. The van der Waals surface area contributed by atoms with Gasteiger partial charge in [-0.1, -0.05) is 0 Å². The van der Waals surface area contributed by atoms with Crippen LogP contribution in [0.3, 0.4) is 0 Å². The number of aliphatic hydroxyl groups excluding tert-OH is 12. The quantitative estimate of drug-likeness (QED) is 0.0770. The average Bonchev–Trinajstić information content (AvgIpc) is 2.86. The molecule has 0 atom stereocenters. The van der Waals surface area contributed by atoms with E-state index in [1.54, 1.807) is 0 Å². The van der Waals surface area contributed by atoms with Crippen molar-refractivity contribution in [2.75, 3.05) is 76.2 Å². The number of hydrogen-bond acceptors (Lipinski definition) is 15. The number of aliphatic hydroxyl groups is 12. The second-order valence-electron chi connectivity index (χ2n) is 7.74. The molecule has 194 valence electrons. The summed E-state index contributed by atoms with van der Waals surface area (Å²) in [7, 11) is -3.29. The van der Waals surface area contributed by atoms with Crippen molar-refractivity contribution in [3.63, 3.8) is 0 Å². The molecule has 0 spiro atoms. The van der Waals surface area contributed by atoms with E-state index in [0.29, 0.717) is 0 Å². The van der Waals surface area contributed by atoms with Gasteiger partial charge in [0.1, 0.15) is 0 Å². The van der Waals surface area contributed by atoms with Gasteiger partial charge in [-0.05, 0) is 0 Å².